The van der Waals surface area contributed by atoms with Crippen LogP contribution in [0.4, 0.5) is 18.9 Å². The monoisotopic (exact) mass is 456 g/mol. The van der Waals surface area contributed by atoms with Gasteiger partial charge in [-0.15, -0.1) is 13.2 Å². The van der Waals surface area contributed by atoms with E-state index in [1.807, 2.05) is 0 Å². The summed E-state index contributed by atoms with van der Waals surface area (Å²) in [5.41, 5.74) is -0.577. The van der Waals surface area contributed by atoms with E-state index < -0.39 is 41.2 Å². The van der Waals surface area contributed by atoms with Crippen molar-refractivity contribution in [2.24, 2.45) is 0 Å². The molecule has 1 aromatic heterocycles. The number of alkyl halides is 3. The van der Waals surface area contributed by atoms with Gasteiger partial charge in [0.1, 0.15) is 5.75 Å². The SMILES string of the molecule is COC(=O)COc1nc(Oc2c(Cl)cc(OC(F)(F)F)cc2Cl)ccc1[N+](=O)[O-]. The predicted molar refractivity (Wildman–Crippen MR) is 91.6 cm³/mol. The van der Waals surface area contributed by atoms with Crippen molar-refractivity contribution >= 4 is 34.9 Å². The molecule has 0 aliphatic rings. The highest BCUT2D eigenvalue weighted by atomic mass is 35.5. The molecule has 2 rings (SSSR count). The van der Waals surface area contributed by atoms with Crippen molar-refractivity contribution in [2.45, 2.75) is 6.36 Å². The van der Waals surface area contributed by atoms with E-state index in [0.717, 1.165) is 31.4 Å². The number of esters is 1. The van der Waals surface area contributed by atoms with E-state index in [2.05, 4.69) is 14.5 Å². The first-order valence-corrected chi connectivity index (χ1v) is 8.03. The number of halogens is 5. The largest absolute Gasteiger partial charge is 0.573 e. The number of hydrogen-bond acceptors (Lipinski definition) is 8. The van der Waals surface area contributed by atoms with E-state index in [-0.39, 0.29) is 21.7 Å². The fourth-order valence-corrected chi connectivity index (χ4v) is 2.38. The molecule has 29 heavy (non-hydrogen) atoms. The lowest BCUT2D eigenvalue weighted by Crippen LogP contribution is -2.17. The molecule has 0 spiro atoms. The van der Waals surface area contributed by atoms with Crippen LogP contribution < -0.4 is 14.2 Å². The Morgan fingerprint density at radius 2 is 1.86 bits per heavy atom. The molecular weight excluding hydrogens is 448 g/mol. The third-order valence-corrected chi connectivity index (χ3v) is 3.54. The standard InChI is InChI=1S/C15H9Cl2F3N2O7/c1-26-12(23)6-27-14-10(22(24)25)2-3-11(21-14)28-13-8(16)4-7(5-9(13)17)29-15(18,19)20/h2-5H,6H2,1H3. The summed E-state index contributed by atoms with van der Waals surface area (Å²) in [6.07, 6.45) is -4.96. The van der Waals surface area contributed by atoms with Gasteiger partial charge in [0.15, 0.2) is 12.4 Å². The summed E-state index contributed by atoms with van der Waals surface area (Å²) in [4.78, 5) is 25.1. The Kier molecular flexibility index (Phi) is 6.93. The van der Waals surface area contributed by atoms with Crippen molar-refractivity contribution in [3.63, 3.8) is 0 Å². The highest BCUT2D eigenvalue weighted by molar-refractivity contribution is 6.37. The summed E-state index contributed by atoms with van der Waals surface area (Å²) < 4.78 is 55.2. The Labute approximate surface area is 170 Å². The van der Waals surface area contributed by atoms with Crippen LogP contribution in [0.3, 0.4) is 0 Å². The van der Waals surface area contributed by atoms with Gasteiger partial charge in [-0.3, -0.25) is 10.1 Å². The van der Waals surface area contributed by atoms with Crippen molar-refractivity contribution in [3.8, 4) is 23.3 Å². The fraction of sp³-hybridized carbons (Fsp3) is 0.200. The van der Waals surface area contributed by atoms with Gasteiger partial charge in [0.2, 0.25) is 5.88 Å². The summed E-state index contributed by atoms with van der Waals surface area (Å²) in [7, 11) is 1.09. The minimum atomic E-state index is -4.96. The molecular formula is C15H9Cl2F3N2O7. The molecule has 9 nitrogen and oxygen atoms in total. The average molecular weight is 457 g/mol. The molecule has 0 saturated carbocycles. The Hall–Kier alpha value is -2.99. The lowest BCUT2D eigenvalue weighted by Gasteiger charge is -2.13. The van der Waals surface area contributed by atoms with Crippen LogP contribution >= 0.6 is 23.2 Å². The predicted octanol–water partition coefficient (Wildman–Crippen LogP) is 4.54. The lowest BCUT2D eigenvalue weighted by atomic mass is 10.3. The molecule has 0 aliphatic heterocycles. The number of aromatic nitrogens is 1. The summed E-state index contributed by atoms with van der Waals surface area (Å²) in [5, 5.41) is 10.3. The van der Waals surface area contributed by atoms with E-state index in [4.69, 9.17) is 32.7 Å². The number of carbonyl (C=O) groups excluding carboxylic acids is 1. The van der Waals surface area contributed by atoms with Crippen LogP contribution in [0.2, 0.25) is 10.0 Å². The topological polar surface area (TPSA) is 110 Å². The zero-order chi connectivity index (χ0) is 21.8. The molecule has 1 aromatic carbocycles. The van der Waals surface area contributed by atoms with Crippen LogP contribution in [-0.2, 0) is 9.53 Å². The van der Waals surface area contributed by atoms with Gasteiger partial charge in [0.05, 0.1) is 22.1 Å². The number of rotatable bonds is 7. The van der Waals surface area contributed by atoms with Crippen molar-refractivity contribution in [2.75, 3.05) is 13.7 Å². The maximum atomic E-state index is 12.3. The average Bonchev–Trinajstić information content (AvgIpc) is 2.61. The van der Waals surface area contributed by atoms with Gasteiger partial charge in [-0.1, -0.05) is 23.2 Å². The Bertz CT molecular complexity index is 918. The van der Waals surface area contributed by atoms with Crippen molar-refractivity contribution in [3.05, 3.63) is 44.4 Å². The molecule has 0 saturated heterocycles. The van der Waals surface area contributed by atoms with Crippen molar-refractivity contribution in [1.29, 1.82) is 0 Å². The molecule has 0 radical (unpaired) electrons. The van der Waals surface area contributed by atoms with E-state index in [0.29, 0.717) is 0 Å². The number of pyridine rings is 1. The molecule has 14 heteroatoms. The minimum Gasteiger partial charge on any atom is -0.466 e. The Morgan fingerprint density at radius 3 is 2.38 bits per heavy atom. The maximum Gasteiger partial charge on any atom is 0.573 e. The number of nitro groups is 1. The van der Waals surface area contributed by atoms with Gasteiger partial charge in [-0.25, -0.2) is 4.79 Å². The van der Waals surface area contributed by atoms with Crippen LogP contribution in [0, 0.1) is 10.1 Å². The van der Waals surface area contributed by atoms with Crippen LogP contribution in [0.1, 0.15) is 0 Å². The number of benzene rings is 1. The second-order valence-electron chi connectivity index (χ2n) is 4.96. The highest BCUT2D eigenvalue weighted by Crippen LogP contribution is 2.41. The number of ether oxygens (including phenoxy) is 4. The molecule has 0 N–H and O–H groups in total. The molecule has 0 unspecified atom stereocenters. The van der Waals surface area contributed by atoms with Gasteiger partial charge < -0.3 is 18.9 Å². The number of nitrogens with zero attached hydrogens (tertiary/aromatic N) is 2. The third kappa shape index (κ3) is 6.26. The van der Waals surface area contributed by atoms with E-state index >= 15 is 0 Å². The van der Waals surface area contributed by atoms with Crippen LogP contribution in [-0.4, -0.2) is 36.0 Å². The van der Waals surface area contributed by atoms with Gasteiger partial charge in [-0.05, 0) is 0 Å². The Balaban J connectivity index is 2.31. The first-order chi connectivity index (χ1) is 13.5. The maximum absolute atomic E-state index is 12.3. The normalized spacial score (nSPS) is 11.0. The second-order valence-corrected chi connectivity index (χ2v) is 5.78. The highest BCUT2D eigenvalue weighted by Gasteiger charge is 2.32. The molecule has 1 heterocycles. The first kappa shape index (κ1) is 22.3. The molecule has 0 atom stereocenters. The second kappa shape index (κ2) is 9.01. The van der Waals surface area contributed by atoms with E-state index in [1.54, 1.807) is 0 Å². The smallest absolute Gasteiger partial charge is 0.466 e. The first-order valence-electron chi connectivity index (χ1n) is 7.28. The number of hydrogen-bond donors (Lipinski definition) is 0. The zero-order valence-corrected chi connectivity index (χ0v) is 15.7. The summed E-state index contributed by atoms with van der Waals surface area (Å²) in [6.45, 7) is -0.668. The van der Waals surface area contributed by atoms with Crippen molar-refractivity contribution < 1.29 is 41.8 Å². The third-order valence-electron chi connectivity index (χ3n) is 2.98. The summed E-state index contributed by atoms with van der Waals surface area (Å²) >= 11 is 11.7. The van der Waals surface area contributed by atoms with Crippen LogP contribution in [0.5, 0.6) is 23.3 Å². The number of carbonyl (C=O) groups is 1. The molecule has 0 bridgehead atoms. The molecule has 0 amide bonds. The molecule has 0 fully saturated rings. The summed E-state index contributed by atoms with van der Waals surface area (Å²) in [5.74, 6) is -2.66. The van der Waals surface area contributed by atoms with Crippen LogP contribution in [0.25, 0.3) is 0 Å². The van der Waals surface area contributed by atoms with Gasteiger partial charge in [-0.2, -0.15) is 4.98 Å². The molecule has 0 aliphatic carbocycles. The van der Waals surface area contributed by atoms with Gasteiger partial charge in [0, 0.05) is 24.3 Å². The van der Waals surface area contributed by atoms with Gasteiger partial charge in [0.25, 0.3) is 5.88 Å². The van der Waals surface area contributed by atoms with E-state index in [9.17, 15) is 28.1 Å². The van der Waals surface area contributed by atoms with Gasteiger partial charge >= 0.3 is 18.0 Å². The number of methoxy groups -OCH3 is 1. The molecule has 156 valence electrons. The lowest BCUT2D eigenvalue weighted by molar-refractivity contribution is -0.386. The molecule has 2 aromatic rings. The quantitative estimate of drug-likeness (QED) is 0.339. The van der Waals surface area contributed by atoms with E-state index in [1.165, 1.54) is 0 Å². The fourth-order valence-electron chi connectivity index (χ4n) is 1.84. The zero-order valence-electron chi connectivity index (χ0n) is 14.2. The minimum absolute atomic E-state index is 0.289. The summed E-state index contributed by atoms with van der Waals surface area (Å²) in [6, 6.07) is 3.64. The Morgan fingerprint density at radius 1 is 1.24 bits per heavy atom. The van der Waals surface area contributed by atoms with Crippen molar-refractivity contribution in [1.82, 2.24) is 4.98 Å². The van der Waals surface area contributed by atoms with Crippen LogP contribution in [0.15, 0.2) is 24.3 Å².